The van der Waals surface area contributed by atoms with Crippen LogP contribution >= 0.6 is 0 Å². The number of aryl methyl sites for hydroxylation is 1. The Morgan fingerprint density at radius 2 is 1.81 bits per heavy atom. The van der Waals surface area contributed by atoms with Crippen molar-refractivity contribution in [2.45, 2.75) is 18.4 Å². The van der Waals surface area contributed by atoms with Crippen LogP contribution in [0.15, 0.2) is 71.8 Å². The van der Waals surface area contributed by atoms with E-state index in [0.717, 1.165) is 9.87 Å². The number of anilines is 1. The van der Waals surface area contributed by atoms with Crippen LogP contribution in [0.4, 0.5) is 10.2 Å². The van der Waals surface area contributed by atoms with Crippen LogP contribution in [0.2, 0.25) is 0 Å². The molecule has 0 spiro atoms. The number of nitrogens with zero attached hydrogens (tertiary/aromatic N) is 3. The number of amides is 1. The normalized spacial score (nSPS) is 11.4. The number of fused-ring (bicyclic) bond motifs is 1. The molecule has 2 aromatic heterocycles. The Morgan fingerprint density at radius 1 is 1.11 bits per heavy atom. The first kappa shape index (κ1) is 26.0. The molecule has 2 N–H and O–H groups in total. The largest absolute Gasteiger partial charge is 0.504 e. The summed E-state index contributed by atoms with van der Waals surface area (Å²) in [5.74, 6) is -1.73. The van der Waals surface area contributed by atoms with E-state index in [4.69, 9.17) is 4.74 Å². The summed E-state index contributed by atoms with van der Waals surface area (Å²) in [7, 11) is -2.70. The van der Waals surface area contributed by atoms with Crippen molar-refractivity contribution in [1.82, 2.24) is 15.3 Å². The number of pyridine rings is 2. The summed E-state index contributed by atoms with van der Waals surface area (Å²) in [5.41, 5.74) is 1.13. The molecule has 192 valence electrons. The maximum atomic E-state index is 13.7. The zero-order chi connectivity index (χ0) is 26.6. The number of halogens is 1. The number of carbonyl (C=O) groups excluding carboxylic acids is 1. The third kappa shape index (κ3) is 5.52. The van der Waals surface area contributed by atoms with Crippen LogP contribution < -0.4 is 9.62 Å². The third-order valence-electron chi connectivity index (χ3n) is 5.64. The number of nitrogens with one attached hydrogen (secondary N) is 1. The fourth-order valence-electron chi connectivity index (χ4n) is 3.67. The van der Waals surface area contributed by atoms with Crippen molar-refractivity contribution in [2.75, 3.05) is 24.6 Å². The molecule has 0 radical (unpaired) electrons. The van der Waals surface area contributed by atoms with Crippen LogP contribution in [0.1, 0.15) is 21.6 Å². The topological polar surface area (TPSA) is 122 Å². The molecule has 4 rings (SSSR count). The predicted molar refractivity (Wildman–Crippen MR) is 136 cm³/mol. The monoisotopic (exact) mass is 524 g/mol. The Labute approximate surface area is 213 Å². The van der Waals surface area contributed by atoms with Crippen LogP contribution in [0.25, 0.3) is 10.9 Å². The molecule has 0 aliphatic heterocycles. The Bertz CT molecular complexity index is 1530. The quantitative estimate of drug-likeness (QED) is 0.343. The van der Waals surface area contributed by atoms with Crippen molar-refractivity contribution in [3.05, 3.63) is 89.5 Å². The molecule has 1 amide bonds. The lowest BCUT2D eigenvalue weighted by Gasteiger charge is -2.25. The molecule has 4 aromatic rings. The molecule has 0 unspecified atom stereocenters. The van der Waals surface area contributed by atoms with Gasteiger partial charge >= 0.3 is 0 Å². The SMILES string of the molecule is COCCN(c1nc(C(=O)NCc2ccc(F)cc2)c(O)c2ncccc12)S(=O)(=O)c1ccc(C)cc1. The summed E-state index contributed by atoms with van der Waals surface area (Å²) in [6.45, 7) is 1.81. The number of ether oxygens (including phenoxy) is 1. The highest BCUT2D eigenvalue weighted by atomic mass is 32.2. The van der Waals surface area contributed by atoms with Gasteiger partial charge < -0.3 is 15.2 Å². The first-order valence-electron chi connectivity index (χ1n) is 11.3. The highest BCUT2D eigenvalue weighted by Gasteiger charge is 2.30. The fourth-order valence-corrected chi connectivity index (χ4v) is 5.09. The van der Waals surface area contributed by atoms with E-state index in [1.807, 2.05) is 6.92 Å². The number of hydrogen-bond acceptors (Lipinski definition) is 7. The lowest BCUT2D eigenvalue weighted by atomic mass is 10.2. The average molecular weight is 525 g/mol. The number of aromatic hydroxyl groups is 1. The predicted octanol–water partition coefficient (Wildman–Crippen LogP) is 3.55. The molecule has 0 fully saturated rings. The summed E-state index contributed by atoms with van der Waals surface area (Å²) in [5, 5.41) is 13.7. The van der Waals surface area contributed by atoms with E-state index in [1.54, 1.807) is 24.3 Å². The molecule has 0 aliphatic carbocycles. The van der Waals surface area contributed by atoms with Gasteiger partial charge in [0, 0.05) is 25.2 Å². The minimum absolute atomic E-state index is 0.0148. The second kappa shape index (κ2) is 10.9. The Morgan fingerprint density at radius 3 is 2.49 bits per heavy atom. The van der Waals surface area contributed by atoms with Crippen molar-refractivity contribution >= 4 is 32.7 Å². The molecule has 0 saturated carbocycles. The summed E-state index contributed by atoms with van der Waals surface area (Å²) in [4.78, 5) is 21.6. The van der Waals surface area contributed by atoms with Crippen molar-refractivity contribution in [2.24, 2.45) is 0 Å². The van der Waals surface area contributed by atoms with Crippen LogP contribution in [-0.2, 0) is 21.3 Å². The summed E-state index contributed by atoms with van der Waals surface area (Å²) >= 11 is 0. The molecular weight excluding hydrogens is 499 g/mol. The first-order valence-corrected chi connectivity index (χ1v) is 12.7. The van der Waals surface area contributed by atoms with Crippen molar-refractivity contribution in [1.29, 1.82) is 0 Å². The van der Waals surface area contributed by atoms with Gasteiger partial charge in [-0.3, -0.25) is 9.78 Å². The van der Waals surface area contributed by atoms with Gasteiger partial charge in [-0.05, 0) is 48.9 Å². The first-order chi connectivity index (χ1) is 17.7. The highest BCUT2D eigenvalue weighted by molar-refractivity contribution is 7.92. The van der Waals surface area contributed by atoms with Gasteiger partial charge in [-0.15, -0.1) is 0 Å². The zero-order valence-electron chi connectivity index (χ0n) is 20.2. The lowest BCUT2D eigenvalue weighted by molar-refractivity contribution is 0.0943. The Kier molecular flexibility index (Phi) is 7.65. The molecule has 9 nitrogen and oxygen atoms in total. The van der Waals surface area contributed by atoms with Crippen LogP contribution in [-0.4, -0.2) is 49.7 Å². The van der Waals surface area contributed by atoms with Gasteiger partial charge in [0.2, 0.25) is 0 Å². The van der Waals surface area contributed by atoms with Gasteiger partial charge in [-0.1, -0.05) is 29.8 Å². The molecule has 2 heterocycles. The molecule has 0 bridgehead atoms. The summed E-state index contributed by atoms with van der Waals surface area (Å²) in [6, 6.07) is 15.0. The van der Waals surface area contributed by atoms with Crippen molar-refractivity contribution in [3.8, 4) is 5.75 Å². The third-order valence-corrected chi connectivity index (χ3v) is 7.44. The summed E-state index contributed by atoms with van der Waals surface area (Å²) in [6.07, 6.45) is 1.42. The number of hydrogen-bond donors (Lipinski definition) is 2. The molecule has 0 saturated heterocycles. The van der Waals surface area contributed by atoms with E-state index in [0.29, 0.717) is 5.56 Å². The second-order valence-corrected chi connectivity index (χ2v) is 10.1. The molecule has 0 atom stereocenters. The lowest BCUT2D eigenvalue weighted by Crippen LogP contribution is -2.35. The summed E-state index contributed by atoms with van der Waals surface area (Å²) < 4.78 is 46.8. The average Bonchev–Trinajstić information content (AvgIpc) is 2.89. The van der Waals surface area contributed by atoms with Gasteiger partial charge in [0.1, 0.15) is 11.3 Å². The number of methoxy groups -OCH3 is 1. The molecular formula is C26H25FN4O5S. The van der Waals surface area contributed by atoms with E-state index >= 15 is 0 Å². The maximum Gasteiger partial charge on any atom is 0.274 e. The highest BCUT2D eigenvalue weighted by Crippen LogP contribution is 2.35. The van der Waals surface area contributed by atoms with Crippen LogP contribution in [0.5, 0.6) is 5.75 Å². The van der Waals surface area contributed by atoms with Gasteiger partial charge in [-0.25, -0.2) is 22.1 Å². The molecule has 11 heteroatoms. The van der Waals surface area contributed by atoms with Gasteiger partial charge in [0.05, 0.1) is 18.0 Å². The number of benzene rings is 2. The number of sulfonamides is 1. The number of rotatable bonds is 9. The number of aromatic nitrogens is 2. The maximum absolute atomic E-state index is 13.7. The van der Waals surface area contributed by atoms with Crippen molar-refractivity contribution in [3.63, 3.8) is 0 Å². The number of carbonyl (C=O) groups is 1. The van der Waals surface area contributed by atoms with E-state index in [-0.39, 0.29) is 41.3 Å². The van der Waals surface area contributed by atoms with E-state index < -0.39 is 33.2 Å². The zero-order valence-corrected chi connectivity index (χ0v) is 21.0. The smallest absolute Gasteiger partial charge is 0.274 e. The van der Waals surface area contributed by atoms with Crippen LogP contribution in [0.3, 0.4) is 0 Å². The standard InChI is InChI=1S/C26H25FN4O5S/c1-17-5-11-20(12-6-17)37(34,35)31(14-15-36-2)25-21-4-3-13-28-22(21)24(32)23(30-25)26(33)29-16-18-7-9-19(27)10-8-18/h3-13,32H,14-16H2,1-2H3,(H,29,33). The second-order valence-electron chi connectivity index (χ2n) is 8.22. The molecule has 37 heavy (non-hydrogen) atoms. The minimum Gasteiger partial charge on any atom is -0.504 e. The van der Waals surface area contributed by atoms with E-state index in [9.17, 15) is 22.7 Å². The van der Waals surface area contributed by atoms with Gasteiger partial charge in [0.25, 0.3) is 15.9 Å². The molecule has 0 aliphatic rings. The van der Waals surface area contributed by atoms with E-state index in [2.05, 4.69) is 15.3 Å². The van der Waals surface area contributed by atoms with Gasteiger partial charge in [-0.2, -0.15) is 0 Å². The van der Waals surface area contributed by atoms with E-state index in [1.165, 1.54) is 49.7 Å². The van der Waals surface area contributed by atoms with Crippen molar-refractivity contribution < 1.29 is 27.4 Å². The Balaban J connectivity index is 1.81. The van der Waals surface area contributed by atoms with Gasteiger partial charge in [0.15, 0.2) is 17.3 Å². The Hall–Kier alpha value is -4.09. The fraction of sp³-hybridized carbons (Fsp3) is 0.192. The van der Waals surface area contributed by atoms with Crippen LogP contribution in [0, 0.1) is 12.7 Å². The molecule has 2 aromatic carbocycles. The minimum atomic E-state index is -4.14.